The van der Waals surface area contributed by atoms with Gasteiger partial charge in [0.1, 0.15) is 42.7 Å². The van der Waals surface area contributed by atoms with E-state index in [9.17, 15) is 13.5 Å². The Bertz CT molecular complexity index is 2480. The van der Waals surface area contributed by atoms with E-state index in [1.807, 2.05) is 152 Å². The molecule has 0 aliphatic carbocycles. The van der Waals surface area contributed by atoms with Crippen LogP contribution in [0.25, 0.3) is 0 Å². The van der Waals surface area contributed by atoms with Crippen molar-refractivity contribution >= 4 is 9.84 Å². The van der Waals surface area contributed by atoms with Gasteiger partial charge in [-0.1, -0.05) is 170 Å². The third-order valence-corrected chi connectivity index (χ3v) is 13.8. The van der Waals surface area contributed by atoms with Crippen LogP contribution in [0.5, 0.6) is 0 Å². The zero-order valence-corrected chi connectivity index (χ0v) is 38.4. The lowest BCUT2D eigenvalue weighted by Crippen LogP contribution is -2.62. The summed E-state index contributed by atoms with van der Waals surface area (Å²) in [6.45, 7) is 2.53. The highest BCUT2D eigenvalue weighted by molar-refractivity contribution is 7.92. The first kappa shape index (κ1) is 48.3. The minimum absolute atomic E-state index is 0.0338. The number of hydrogen-bond donors (Lipinski definition) is 1. The molecule has 2 fully saturated rings. The second-order valence-corrected chi connectivity index (χ2v) is 18.6. The molecule has 2 heterocycles. The van der Waals surface area contributed by atoms with E-state index < -0.39 is 70.6 Å². The van der Waals surface area contributed by atoms with Crippen LogP contribution in [0.2, 0.25) is 0 Å². The van der Waals surface area contributed by atoms with E-state index in [-0.39, 0.29) is 37.9 Å². The highest BCUT2D eigenvalue weighted by Gasteiger charge is 2.57. The Morgan fingerprint density at radius 3 is 1.36 bits per heavy atom. The number of aryl methyl sites for hydroxylation is 1. The molecular formula is C54H58O12S. The van der Waals surface area contributed by atoms with Crippen LogP contribution in [0.1, 0.15) is 33.4 Å². The summed E-state index contributed by atoms with van der Waals surface area (Å²) in [7, 11) is -2.91. The summed E-state index contributed by atoms with van der Waals surface area (Å²) in [5.41, 5.74) is 2.81. The van der Waals surface area contributed by atoms with Crippen LogP contribution >= 0.6 is 0 Å². The van der Waals surface area contributed by atoms with Crippen molar-refractivity contribution in [1.82, 2.24) is 0 Å². The molecule has 0 saturated carbocycles. The molecule has 8 rings (SSSR count). The lowest BCUT2D eigenvalue weighted by molar-refractivity contribution is -0.344. The van der Waals surface area contributed by atoms with E-state index in [0.717, 1.165) is 27.8 Å². The van der Waals surface area contributed by atoms with E-state index in [0.29, 0.717) is 12.2 Å². The van der Waals surface area contributed by atoms with Crippen molar-refractivity contribution in [3.05, 3.63) is 209 Å². The van der Waals surface area contributed by atoms with Gasteiger partial charge < -0.3 is 47.7 Å². The molecule has 0 aromatic heterocycles. The van der Waals surface area contributed by atoms with Crippen LogP contribution in [-0.2, 0) is 85.5 Å². The normalized spacial score (nSPS) is 24.6. The fourth-order valence-electron chi connectivity index (χ4n) is 8.36. The SMILES string of the molecule is CO[C@H]1O[C@H](COCc2ccccc2)[C@@H](OCc2ccccc2)[C@H](O[C@@H]2O[C@@H](C(O)S(=O)(=O)c3ccccc3C)[C@@H](OCc3ccccc3)[C@@H]2OCc2ccccc2)[C@@H]1OCc1ccccc1. The average molecular weight is 931 g/mol. The Hall–Kier alpha value is -5.13. The van der Waals surface area contributed by atoms with Gasteiger partial charge in [-0.2, -0.15) is 0 Å². The van der Waals surface area contributed by atoms with Crippen LogP contribution in [0.4, 0.5) is 0 Å². The predicted molar refractivity (Wildman–Crippen MR) is 250 cm³/mol. The van der Waals surface area contributed by atoms with E-state index in [1.54, 1.807) is 25.1 Å². The van der Waals surface area contributed by atoms with Gasteiger partial charge in [-0.05, 0) is 46.4 Å². The number of methoxy groups -OCH3 is 1. The predicted octanol–water partition coefficient (Wildman–Crippen LogP) is 8.13. The number of hydrogen-bond acceptors (Lipinski definition) is 12. The summed E-state index contributed by atoms with van der Waals surface area (Å²) in [5.74, 6) is 0. The monoisotopic (exact) mass is 930 g/mol. The van der Waals surface area contributed by atoms with E-state index in [4.69, 9.17) is 42.6 Å². The summed E-state index contributed by atoms with van der Waals surface area (Å²) in [4.78, 5) is -0.0338. The molecule has 6 aromatic rings. The lowest BCUT2D eigenvalue weighted by atomic mass is 9.97. The first-order chi connectivity index (χ1) is 32.8. The van der Waals surface area contributed by atoms with Crippen molar-refractivity contribution in [2.75, 3.05) is 13.7 Å². The van der Waals surface area contributed by atoms with Crippen LogP contribution in [0.3, 0.4) is 0 Å². The number of benzene rings is 6. The molecule has 1 N–H and O–H groups in total. The molecule has 2 saturated heterocycles. The van der Waals surface area contributed by atoms with Crippen molar-refractivity contribution in [2.45, 2.75) is 106 Å². The molecule has 12 nitrogen and oxygen atoms in total. The van der Waals surface area contributed by atoms with Gasteiger partial charge in [-0.15, -0.1) is 0 Å². The summed E-state index contributed by atoms with van der Waals surface area (Å²) in [6, 6.07) is 54.7. The number of aliphatic hydroxyl groups is 1. The topological polar surface area (TPSA) is 137 Å². The molecular weight excluding hydrogens is 873 g/mol. The van der Waals surface area contributed by atoms with E-state index in [1.165, 1.54) is 13.2 Å². The fourth-order valence-corrected chi connectivity index (χ4v) is 9.98. The third-order valence-electron chi connectivity index (χ3n) is 11.9. The second kappa shape index (κ2) is 23.7. The maximum Gasteiger partial charge on any atom is 0.207 e. The van der Waals surface area contributed by atoms with Gasteiger partial charge in [0.25, 0.3) is 0 Å². The third kappa shape index (κ3) is 12.5. The van der Waals surface area contributed by atoms with Crippen LogP contribution in [0.15, 0.2) is 181 Å². The Morgan fingerprint density at radius 1 is 0.493 bits per heavy atom. The van der Waals surface area contributed by atoms with Gasteiger partial charge in [0.05, 0.1) is 44.5 Å². The highest BCUT2D eigenvalue weighted by Crippen LogP contribution is 2.38. The minimum Gasteiger partial charge on any atom is -0.375 e. The van der Waals surface area contributed by atoms with E-state index in [2.05, 4.69) is 0 Å². The maximum absolute atomic E-state index is 14.5. The van der Waals surface area contributed by atoms with Gasteiger partial charge in [0.15, 0.2) is 18.0 Å². The first-order valence-corrected chi connectivity index (χ1v) is 24.0. The van der Waals surface area contributed by atoms with Gasteiger partial charge in [0, 0.05) is 7.11 Å². The molecule has 10 atom stereocenters. The molecule has 1 unspecified atom stereocenters. The Labute approximate surface area is 393 Å². The molecule has 352 valence electrons. The molecule has 67 heavy (non-hydrogen) atoms. The summed E-state index contributed by atoms with van der Waals surface area (Å²) < 4.78 is 88.8. The second-order valence-electron chi connectivity index (χ2n) is 16.6. The Balaban J connectivity index is 1.19. The van der Waals surface area contributed by atoms with Gasteiger partial charge >= 0.3 is 0 Å². The minimum atomic E-state index is -4.44. The van der Waals surface area contributed by atoms with Crippen LogP contribution < -0.4 is 0 Å². The smallest absolute Gasteiger partial charge is 0.207 e. The Morgan fingerprint density at radius 2 is 0.896 bits per heavy atom. The Kier molecular flexibility index (Phi) is 17.1. The number of aliphatic hydroxyl groups excluding tert-OH is 1. The highest BCUT2D eigenvalue weighted by atomic mass is 32.2. The average Bonchev–Trinajstić information content (AvgIpc) is 3.71. The molecule has 0 amide bonds. The summed E-state index contributed by atoms with van der Waals surface area (Å²) >= 11 is 0. The van der Waals surface area contributed by atoms with Crippen LogP contribution in [-0.4, -0.2) is 88.0 Å². The number of ether oxygens (including phenoxy) is 9. The molecule has 6 aromatic carbocycles. The fraction of sp³-hybridized carbons (Fsp3) is 0.333. The summed E-state index contributed by atoms with van der Waals surface area (Å²) in [6.07, 6.45) is -9.73. The molecule has 0 radical (unpaired) electrons. The molecule has 0 bridgehead atoms. The van der Waals surface area contributed by atoms with Crippen molar-refractivity contribution in [3.8, 4) is 0 Å². The summed E-state index contributed by atoms with van der Waals surface area (Å²) in [5, 5.41) is 12.2. The molecule has 2 aliphatic rings. The van der Waals surface area contributed by atoms with E-state index >= 15 is 0 Å². The van der Waals surface area contributed by atoms with Crippen molar-refractivity contribution < 1.29 is 56.2 Å². The van der Waals surface area contributed by atoms with Gasteiger partial charge in [-0.25, -0.2) is 8.42 Å². The first-order valence-electron chi connectivity index (χ1n) is 22.5. The number of sulfone groups is 1. The molecule has 0 spiro atoms. The molecule has 13 heteroatoms. The van der Waals surface area contributed by atoms with Crippen molar-refractivity contribution in [2.24, 2.45) is 0 Å². The standard InChI is InChI=1S/C54H58O12S/c1-38-20-18-19-31-45(38)67(56,57)52(55)49-47(61-34-41-25-12-5-13-26-41)50(62-35-42-27-14-6-15-28-42)54(66-49)65-48-46(60-33-40-23-10-4-11-24-40)44(37-59-32-39-21-8-3-9-22-39)64-53(58-2)51(48)63-36-43-29-16-7-17-30-43/h3-31,44,46-55H,32-37H2,1-2H3/t44-,46-,47-,48+,49-,50+,51+,52?,53+,54-/m1/s1. The van der Waals surface area contributed by atoms with Gasteiger partial charge in [-0.3, -0.25) is 0 Å². The maximum atomic E-state index is 14.5. The van der Waals surface area contributed by atoms with Crippen LogP contribution in [0, 0.1) is 6.92 Å². The zero-order chi connectivity index (χ0) is 46.4. The quantitative estimate of drug-likeness (QED) is 0.0704. The van der Waals surface area contributed by atoms with Crippen molar-refractivity contribution in [1.29, 1.82) is 0 Å². The van der Waals surface area contributed by atoms with Gasteiger partial charge in [0.2, 0.25) is 9.84 Å². The number of rotatable bonds is 22. The zero-order valence-electron chi connectivity index (χ0n) is 37.6. The van der Waals surface area contributed by atoms with Crippen molar-refractivity contribution in [3.63, 3.8) is 0 Å². The molecule has 2 aliphatic heterocycles. The lowest BCUT2D eigenvalue weighted by Gasteiger charge is -2.46. The largest absolute Gasteiger partial charge is 0.375 e.